The van der Waals surface area contributed by atoms with Gasteiger partial charge in [0.05, 0.1) is 16.3 Å². The van der Waals surface area contributed by atoms with Crippen molar-refractivity contribution in [2.24, 2.45) is 11.7 Å². The van der Waals surface area contributed by atoms with Gasteiger partial charge in [0.2, 0.25) is 10.0 Å². The van der Waals surface area contributed by atoms with Crippen LogP contribution in [0.15, 0.2) is 88.7 Å². The van der Waals surface area contributed by atoms with E-state index in [1.807, 2.05) is 54.7 Å². The summed E-state index contributed by atoms with van der Waals surface area (Å²) in [6.45, 7) is 6.72. The van der Waals surface area contributed by atoms with Crippen LogP contribution in [0.1, 0.15) is 73.4 Å². The van der Waals surface area contributed by atoms with Gasteiger partial charge < -0.3 is 16.2 Å². The fourth-order valence-corrected chi connectivity index (χ4v) is 8.57. The van der Waals surface area contributed by atoms with Crippen molar-refractivity contribution >= 4 is 21.7 Å². The number of aromatic hydroxyl groups is 1. The summed E-state index contributed by atoms with van der Waals surface area (Å²) in [7, 11) is -3.74. The van der Waals surface area contributed by atoms with Crippen LogP contribution in [-0.2, 0) is 23.0 Å². The van der Waals surface area contributed by atoms with E-state index < -0.39 is 10.0 Å². The molecule has 1 aromatic heterocycles. The second-order valence-electron chi connectivity index (χ2n) is 13.1. The summed E-state index contributed by atoms with van der Waals surface area (Å²) in [5.41, 5.74) is 11.9. The van der Waals surface area contributed by atoms with Gasteiger partial charge in [-0.3, -0.25) is 4.57 Å². The van der Waals surface area contributed by atoms with Gasteiger partial charge in [-0.1, -0.05) is 50.2 Å². The lowest BCUT2D eigenvalue weighted by molar-refractivity contribution is 0.260. The standard InChI is InChI=1S/C38H45N5O4S/c1-26-22-31(23-32-25-42(38(45)41-37(32)27(26)2)33-11-5-29(24-39)6-12-33)30-9-15-36(16-10-30)48(46,47)43(34-17-19-40-20-18-34)21-3-4-28-7-13-35(44)14-8-28/h5-16,23,25-27,34,40,44H,3-4,17-22,24,39H2,1-2H3. The SMILES string of the molecule is CC1CC(c2ccc(S(=O)(=O)N(CCCc3ccc(O)cc3)C3CCNCC3)cc2)=Cc2cn(-c3ccc(CN)cc3)c(=O)nc2C1C. The van der Waals surface area contributed by atoms with Gasteiger partial charge in [-0.05, 0) is 116 Å². The highest BCUT2D eigenvalue weighted by atomic mass is 32.2. The smallest absolute Gasteiger partial charge is 0.352 e. The number of phenolic OH excluding ortho intramolecular Hbond substituents is 1. The predicted octanol–water partition coefficient (Wildman–Crippen LogP) is 5.46. The summed E-state index contributed by atoms with van der Waals surface area (Å²) < 4.78 is 31.6. The Morgan fingerprint density at radius 3 is 2.29 bits per heavy atom. The van der Waals surface area contributed by atoms with Gasteiger partial charge in [0, 0.05) is 36.8 Å². The molecule has 48 heavy (non-hydrogen) atoms. The number of hydrogen-bond acceptors (Lipinski definition) is 7. The highest BCUT2D eigenvalue weighted by Gasteiger charge is 2.32. The topological polar surface area (TPSA) is 131 Å². The zero-order valence-corrected chi connectivity index (χ0v) is 28.5. The first kappa shape index (κ1) is 33.8. The van der Waals surface area contributed by atoms with Crippen molar-refractivity contribution < 1.29 is 13.5 Å². The Hall–Kier alpha value is -4.09. The summed E-state index contributed by atoms with van der Waals surface area (Å²) in [6, 6.07) is 21.9. The third kappa shape index (κ3) is 7.32. The number of hydrogen-bond donors (Lipinski definition) is 3. The maximum atomic E-state index is 14.2. The van der Waals surface area contributed by atoms with Gasteiger partial charge in [-0.15, -0.1) is 0 Å². The highest BCUT2D eigenvalue weighted by molar-refractivity contribution is 7.89. The van der Waals surface area contributed by atoms with Crippen molar-refractivity contribution in [3.8, 4) is 11.4 Å². The van der Waals surface area contributed by atoms with E-state index in [1.165, 1.54) is 0 Å². The van der Waals surface area contributed by atoms with Gasteiger partial charge in [-0.25, -0.2) is 13.2 Å². The van der Waals surface area contributed by atoms with E-state index >= 15 is 0 Å². The molecule has 2 unspecified atom stereocenters. The molecule has 0 bridgehead atoms. The number of phenols is 1. The molecule has 0 amide bonds. The Bertz CT molecular complexity index is 1910. The third-order valence-electron chi connectivity index (χ3n) is 9.92. The molecule has 2 aliphatic rings. The normalized spacial score (nSPS) is 18.7. The molecule has 6 rings (SSSR count). The second kappa shape index (κ2) is 14.6. The van der Waals surface area contributed by atoms with Crippen molar-refractivity contribution in [1.82, 2.24) is 19.2 Å². The molecule has 3 aromatic carbocycles. The predicted molar refractivity (Wildman–Crippen MR) is 190 cm³/mol. The Kier molecular flexibility index (Phi) is 10.3. The zero-order valence-electron chi connectivity index (χ0n) is 27.7. The summed E-state index contributed by atoms with van der Waals surface area (Å²) in [5.74, 6) is 0.506. The zero-order chi connectivity index (χ0) is 33.8. The van der Waals surface area contributed by atoms with Gasteiger partial charge in [0.1, 0.15) is 5.75 Å². The molecule has 1 fully saturated rings. The van der Waals surface area contributed by atoms with Crippen LogP contribution in [-0.4, -0.2) is 53.1 Å². The first-order valence-corrected chi connectivity index (χ1v) is 18.3. The number of aryl methyl sites for hydroxylation is 1. The number of nitrogens with one attached hydrogen (secondary N) is 1. The summed E-state index contributed by atoms with van der Waals surface area (Å²) >= 11 is 0. The van der Waals surface area contributed by atoms with Crippen molar-refractivity contribution in [3.05, 3.63) is 117 Å². The Morgan fingerprint density at radius 2 is 1.62 bits per heavy atom. The fourth-order valence-electron chi connectivity index (χ4n) is 6.85. The van der Waals surface area contributed by atoms with E-state index in [-0.39, 0.29) is 29.3 Å². The average molecular weight is 668 g/mol. The van der Waals surface area contributed by atoms with Gasteiger partial charge in [-0.2, -0.15) is 9.29 Å². The molecular weight excluding hydrogens is 623 g/mol. The maximum Gasteiger partial charge on any atom is 0.352 e. The number of aromatic nitrogens is 2. The van der Waals surface area contributed by atoms with Crippen LogP contribution in [0.5, 0.6) is 5.75 Å². The maximum absolute atomic E-state index is 14.2. The largest absolute Gasteiger partial charge is 0.508 e. The summed E-state index contributed by atoms with van der Waals surface area (Å²) in [5, 5.41) is 13.0. The van der Waals surface area contributed by atoms with E-state index in [0.717, 1.165) is 78.0 Å². The van der Waals surface area contributed by atoms with Crippen molar-refractivity contribution in [3.63, 3.8) is 0 Å². The lowest BCUT2D eigenvalue weighted by Crippen LogP contribution is -2.46. The molecule has 1 aliphatic carbocycles. The lowest BCUT2D eigenvalue weighted by Gasteiger charge is -2.34. The Balaban J connectivity index is 1.28. The van der Waals surface area contributed by atoms with E-state index in [4.69, 9.17) is 5.73 Å². The monoisotopic (exact) mass is 667 g/mol. The molecule has 2 atom stereocenters. The molecule has 9 nitrogen and oxygen atoms in total. The van der Waals surface area contributed by atoms with Crippen molar-refractivity contribution in [2.45, 2.75) is 69.4 Å². The number of nitrogens with two attached hydrogens (primary N) is 1. The highest BCUT2D eigenvalue weighted by Crippen LogP contribution is 2.38. The van der Waals surface area contributed by atoms with E-state index in [9.17, 15) is 18.3 Å². The minimum Gasteiger partial charge on any atom is -0.508 e. The third-order valence-corrected chi connectivity index (χ3v) is 11.9. The van der Waals surface area contributed by atoms with Crippen LogP contribution in [0.2, 0.25) is 0 Å². The van der Waals surface area contributed by atoms with Crippen LogP contribution in [0.25, 0.3) is 17.3 Å². The van der Waals surface area contributed by atoms with Gasteiger partial charge in [0.15, 0.2) is 0 Å². The molecular formula is C38H45N5O4S. The molecule has 0 spiro atoms. The second-order valence-corrected chi connectivity index (χ2v) is 15.0. The van der Waals surface area contributed by atoms with E-state index in [2.05, 4.69) is 30.2 Å². The van der Waals surface area contributed by atoms with Crippen LogP contribution in [0.3, 0.4) is 0 Å². The first-order valence-electron chi connectivity index (χ1n) is 16.9. The number of piperidine rings is 1. The molecule has 1 saturated heterocycles. The fraction of sp³-hybridized carbons (Fsp3) is 0.368. The Labute approximate surface area is 283 Å². The lowest BCUT2D eigenvalue weighted by atomic mass is 9.87. The molecule has 2 heterocycles. The minimum absolute atomic E-state index is 0.0595. The molecule has 252 valence electrons. The van der Waals surface area contributed by atoms with Crippen LogP contribution >= 0.6 is 0 Å². The summed E-state index contributed by atoms with van der Waals surface area (Å²) in [4.78, 5) is 18.0. The van der Waals surface area contributed by atoms with Crippen LogP contribution < -0.4 is 16.7 Å². The number of rotatable bonds is 10. The number of fused-ring (bicyclic) bond motifs is 1. The number of allylic oxidation sites excluding steroid dienone is 1. The number of sulfonamides is 1. The minimum atomic E-state index is -3.74. The van der Waals surface area contributed by atoms with E-state index in [0.29, 0.717) is 24.4 Å². The van der Waals surface area contributed by atoms with Crippen LogP contribution in [0, 0.1) is 5.92 Å². The molecule has 0 radical (unpaired) electrons. The van der Waals surface area contributed by atoms with Crippen LogP contribution in [0.4, 0.5) is 0 Å². The molecule has 4 aromatic rings. The van der Waals surface area contributed by atoms with Crippen molar-refractivity contribution in [2.75, 3.05) is 19.6 Å². The van der Waals surface area contributed by atoms with E-state index in [1.54, 1.807) is 33.1 Å². The van der Waals surface area contributed by atoms with Gasteiger partial charge >= 0.3 is 5.69 Å². The average Bonchev–Trinajstić information content (AvgIpc) is 3.22. The Morgan fingerprint density at radius 1 is 0.958 bits per heavy atom. The number of benzene rings is 3. The van der Waals surface area contributed by atoms with Gasteiger partial charge in [0.25, 0.3) is 0 Å². The number of nitrogens with zero attached hydrogens (tertiary/aromatic N) is 3. The van der Waals surface area contributed by atoms with Crippen molar-refractivity contribution in [1.29, 1.82) is 0 Å². The molecule has 0 saturated carbocycles. The molecule has 1 aliphatic heterocycles. The molecule has 10 heteroatoms. The quantitative estimate of drug-likeness (QED) is 0.205. The summed E-state index contributed by atoms with van der Waals surface area (Å²) in [6.07, 6.45) is 7.69. The first-order chi connectivity index (χ1) is 23.1. The molecule has 4 N–H and O–H groups in total.